The molecule has 0 aliphatic rings. The van der Waals surface area contributed by atoms with Crippen molar-refractivity contribution in [2.45, 2.75) is 24.3 Å². The van der Waals surface area contributed by atoms with Crippen LogP contribution < -0.4 is 9.46 Å². The second kappa shape index (κ2) is 9.28. The number of fused-ring (bicyclic) bond motifs is 1. The van der Waals surface area contributed by atoms with Crippen LogP contribution in [-0.4, -0.2) is 36.6 Å². The van der Waals surface area contributed by atoms with E-state index < -0.39 is 10.0 Å². The Balaban J connectivity index is 1.49. The summed E-state index contributed by atoms with van der Waals surface area (Å²) in [6.07, 6.45) is 3.32. The molecule has 7 nitrogen and oxygen atoms in total. The highest BCUT2D eigenvalue weighted by Crippen LogP contribution is 2.17. The number of sulfonamides is 1. The molecule has 0 atom stereocenters. The van der Waals surface area contributed by atoms with Crippen molar-refractivity contribution in [3.8, 4) is 5.75 Å². The van der Waals surface area contributed by atoms with Crippen molar-refractivity contribution < 1.29 is 13.2 Å². The van der Waals surface area contributed by atoms with Gasteiger partial charge in [0.15, 0.2) is 5.65 Å². The number of pyridine rings is 1. The average molecular weight is 437 g/mol. The first-order valence-corrected chi connectivity index (χ1v) is 11.5. The Kier molecular flexibility index (Phi) is 6.29. The van der Waals surface area contributed by atoms with Gasteiger partial charge in [0.1, 0.15) is 17.1 Å². The number of rotatable bonds is 9. The zero-order valence-electron chi connectivity index (χ0n) is 17.2. The fraction of sp³-hybridized carbons (Fsp3) is 0.217. The third-order valence-electron chi connectivity index (χ3n) is 5.06. The van der Waals surface area contributed by atoms with E-state index in [2.05, 4.69) is 21.8 Å². The second-order valence-corrected chi connectivity index (χ2v) is 8.85. The number of nitrogens with zero attached hydrogens (tertiary/aromatic N) is 3. The number of ether oxygens (including phenoxy) is 1. The number of hydrogen-bond acceptors (Lipinski definition) is 5. The molecule has 0 unspecified atom stereocenters. The predicted molar refractivity (Wildman–Crippen MR) is 120 cm³/mol. The quantitative estimate of drug-likeness (QED) is 0.435. The van der Waals surface area contributed by atoms with Crippen molar-refractivity contribution in [2.24, 2.45) is 0 Å². The van der Waals surface area contributed by atoms with Gasteiger partial charge in [-0.2, -0.15) is 0 Å². The lowest BCUT2D eigenvalue weighted by atomic mass is 10.1. The van der Waals surface area contributed by atoms with E-state index in [0.29, 0.717) is 12.3 Å². The smallest absolute Gasteiger partial charge is 0.240 e. The Labute approximate surface area is 181 Å². The number of benzene rings is 2. The summed E-state index contributed by atoms with van der Waals surface area (Å²) in [5.74, 6) is 1.50. The van der Waals surface area contributed by atoms with Crippen molar-refractivity contribution >= 4 is 21.2 Å². The molecule has 31 heavy (non-hydrogen) atoms. The predicted octanol–water partition coefficient (Wildman–Crippen LogP) is 3.20. The molecular weight excluding hydrogens is 412 g/mol. The molecule has 0 saturated heterocycles. The zero-order valence-corrected chi connectivity index (χ0v) is 18.0. The third kappa shape index (κ3) is 4.92. The van der Waals surface area contributed by atoms with Gasteiger partial charge in [0.05, 0.1) is 12.0 Å². The Bertz CT molecular complexity index is 1250. The lowest BCUT2D eigenvalue weighted by Crippen LogP contribution is -2.28. The summed E-state index contributed by atoms with van der Waals surface area (Å²) in [7, 11) is -2.08. The number of imidazole rings is 1. The van der Waals surface area contributed by atoms with E-state index in [1.165, 1.54) is 17.7 Å². The molecule has 0 radical (unpaired) electrons. The van der Waals surface area contributed by atoms with Crippen molar-refractivity contribution in [3.63, 3.8) is 0 Å². The monoisotopic (exact) mass is 436 g/mol. The van der Waals surface area contributed by atoms with Crippen molar-refractivity contribution in [1.82, 2.24) is 19.3 Å². The third-order valence-corrected chi connectivity index (χ3v) is 6.54. The van der Waals surface area contributed by atoms with E-state index in [4.69, 9.17) is 9.72 Å². The lowest BCUT2D eigenvalue weighted by Gasteiger charge is -2.11. The maximum atomic E-state index is 12.6. The highest BCUT2D eigenvalue weighted by Gasteiger charge is 2.16. The number of aromatic nitrogens is 3. The lowest BCUT2D eigenvalue weighted by molar-refractivity contribution is 0.414. The molecule has 0 fully saturated rings. The zero-order chi connectivity index (χ0) is 21.7. The fourth-order valence-corrected chi connectivity index (χ4v) is 4.48. The van der Waals surface area contributed by atoms with Crippen molar-refractivity contribution in [1.29, 1.82) is 0 Å². The highest BCUT2D eigenvalue weighted by atomic mass is 32.2. The van der Waals surface area contributed by atoms with Crippen LogP contribution >= 0.6 is 0 Å². The van der Waals surface area contributed by atoms with E-state index in [9.17, 15) is 8.42 Å². The van der Waals surface area contributed by atoms with Gasteiger partial charge in [0, 0.05) is 25.7 Å². The molecule has 2 aromatic carbocycles. The van der Waals surface area contributed by atoms with Gasteiger partial charge in [-0.25, -0.2) is 23.1 Å². The van der Waals surface area contributed by atoms with E-state index in [-0.39, 0.29) is 11.4 Å². The second-order valence-electron chi connectivity index (χ2n) is 7.08. The van der Waals surface area contributed by atoms with Gasteiger partial charge in [-0.15, -0.1) is 0 Å². The largest absolute Gasteiger partial charge is 0.497 e. The molecule has 1 N–H and O–H groups in total. The molecule has 8 heteroatoms. The summed E-state index contributed by atoms with van der Waals surface area (Å²) in [6.45, 7) is 0.668. The van der Waals surface area contributed by atoms with Crippen LogP contribution in [0.25, 0.3) is 11.2 Å². The molecular formula is C23H24N4O3S. The van der Waals surface area contributed by atoms with Crippen LogP contribution in [0.1, 0.15) is 11.4 Å². The van der Waals surface area contributed by atoms with Gasteiger partial charge in [0.25, 0.3) is 0 Å². The number of methoxy groups -OCH3 is 1. The molecule has 2 heterocycles. The summed E-state index contributed by atoms with van der Waals surface area (Å²) in [6, 6.07) is 20.3. The standard InChI is InChI=1S/C23H24N4O3S/c1-30-19-10-12-20(13-11-19)31(28,29)25-16-17-27-22(14-9-18-6-3-2-4-7-18)26-21-8-5-15-24-23(21)27/h2-8,10-13,15,25H,9,14,16-17H2,1H3. The summed E-state index contributed by atoms with van der Waals surface area (Å²) >= 11 is 0. The van der Waals surface area contributed by atoms with Crippen LogP contribution in [0, 0.1) is 0 Å². The SMILES string of the molecule is COc1ccc(S(=O)(=O)NCCn2c(CCc3ccccc3)nc3cccnc32)cc1. The molecule has 0 spiro atoms. The first-order chi connectivity index (χ1) is 15.1. The van der Waals surface area contributed by atoms with E-state index >= 15 is 0 Å². The molecule has 4 aromatic rings. The van der Waals surface area contributed by atoms with Crippen molar-refractivity contribution in [3.05, 3.63) is 84.3 Å². The maximum absolute atomic E-state index is 12.6. The molecule has 0 aliphatic heterocycles. The van der Waals surface area contributed by atoms with Crippen LogP contribution in [0.3, 0.4) is 0 Å². The van der Waals surface area contributed by atoms with Gasteiger partial charge in [-0.1, -0.05) is 30.3 Å². The van der Waals surface area contributed by atoms with Gasteiger partial charge in [0.2, 0.25) is 10.0 Å². The minimum absolute atomic E-state index is 0.200. The number of aryl methyl sites for hydroxylation is 2. The van der Waals surface area contributed by atoms with E-state index in [1.807, 2.05) is 34.9 Å². The van der Waals surface area contributed by atoms with E-state index in [1.54, 1.807) is 25.4 Å². The van der Waals surface area contributed by atoms with Crippen LogP contribution in [0.15, 0.2) is 77.8 Å². The molecule has 0 saturated carbocycles. The topological polar surface area (TPSA) is 86.1 Å². The van der Waals surface area contributed by atoms with Gasteiger partial charge < -0.3 is 9.30 Å². The maximum Gasteiger partial charge on any atom is 0.240 e. The van der Waals surface area contributed by atoms with Crippen molar-refractivity contribution in [2.75, 3.05) is 13.7 Å². The Morgan fingerprint density at radius 1 is 0.968 bits per heavy atom. The molecule has 0 amide bonds. The number of nitrogens with one attached hydrogen (secondary N) is 1. The summed E-state index contributed by atoms with van der Waals surface area (Å²) < 4.78 is 35.0. The number of hydrogen-bond donors (Lipinski definition) is 1. The van der Waals surface area contributed by atoms with Gasteiger partial charge in [-0.3, -0.25) is 0 Å². The van der Waals surface area contributed by atoms with Gasteiger partial charge >= 0.3 is 0 Å². The summed E-state index contributed by atoms with van der Waals surface area (Å²) in [5, 5.41) is 0. The van der Waals surface area contributed by atoms with Crippen LogP contribution in [0.5, 0.6) is 5.75 Å². The molecule has 0 aliphatic carbocycles. The van der Waals surface area contributed by atoms with Gasteiger partial charge in [-0.05, 0) is 48.4 Å². The van der Waals surface area contributed by atoms with Crippen LogP contribution in [0.2, 0.25) is 0 Å². The first-order valence-electron chi connectivity index (χ1n) is 10.0. The molecule has 0 bridgehead atoms. The fourth-order valence-electron chi connectivity index (χ4n) is 3.46. The average Bonchev–Trinajstić information content (AvgIpc) is 3.16. The summed E-state index contributed by atoms with van der Waals surface area (Å²) in [5.41, 5.74) is 2.80. The Morgan fingerprint density at radius 2 is 1.74 bits per heavy atom. The minimum Gasteiger partial charge on any atom is -0.497 e. The molecule has 2 aromatic heterocycles. The Morgan fingerprint density at radius 3 is 2.48 bits per heavy atom. The normalized spacial score (nSPS) is 11.6. The highest BCUT2D eigenvalue weighted by molar-refractivity contribution is 7.89. The molecule has 4 rings (SSSR count). The van der Waals surface area contributed by atoms with E-state index in [0.717, 1.165) is 29.8 Å². The van der Waals surface area contributed by atoms with Crippen LogP contribution in [-0.2, 0) is 29.4 Å². The molecule has 160 valence electrons. The summed E-state index contributed by atoms with van der Waals surface area (Å²) in [4.78, 5) is 9.39. The Hall–Kier alpha value is -3.23. The minimum atomic E-state index is -3.62. The van der Waals surface area contributed by atoms with Crippen LogP contribution in [0.4, 0.5) is 0 Å². The first kappa shape index (κ1) is 21.0.